The molecule has 0 fully saturated rings. The summed E-state index contributed by atoms with van der Waals surface area (Å²) in [6.45, 7) is 0.473. The van der Waals surface area contributed by atoms with E-state index in [1.807, 2.05) is 18.2 Å². The number of carbonyl (C=O) groups excluding carboxylic acids is 1. The summed E-state index contributed by atoms with van der Waals surface area (Å²) in [5.41, 5.74) is 7.98. The minimum atomic E-state index is 0.0316. The molecule has 0 bridgehead atoms. The molecule has 2 aromatic rings. The van der Waals surface area contributed by atoms with Crippen molar-refractivity contribution < 1.29 is 9.90 Å². The number of aromatic hydroxyl groups is 1. The van der Waals surface area contributed by atoms with Crippen molar-refractivity contribution in [2.75, 3.05) is 0 Å². The van der Waals surface area contributed by atoms with E-state index >= 15 is 0 Å². The average molecular weight is 241 g/mol. The van der Waals surface area contributed by atoms with Crippen molar-refractivity contribution >= 4 is 5.78 Å². The zero-order valence-electron chi connectivity index (χ0n) is 9.97. The zero-order valence-corrected chi connectivity index (χ0v) is 9.97. The van der Waals surface area contributed by atoms with Gasteiger partial charge in [0.2, 0.25) is 0 Å². The Morgan fingerprint density at radius 2 is 1.78 bits per heavy atom. The Kier molecular flexibility index (Phi) is 3.75. The molecule has 0 aliphatic carbocycles. The Hall–Kier alpha value is -2.13. The maximum atomic E-state index is 12.0. The van der Waals surface area contributed by atoms with Crippen molar-refractivity contribution in [1.29, 1.82) is 0 Å². The Morgan fingerprint density at radius 3 is 2.39 bits per heavy atom. The maximum Gasteiger partial charge on any atom is 0.167 e. The highest BCUT2D eigenvalue weighted by Crippen LogP contribution is 2.14. The van der Waals surface area contributed by atoms with Crippen molar-refractivity contribution in [3.63, 3.8) is 0 Å². The summed E-state index contributed by atoms with van der Waals surface area (Å²) in [5.74, 6) is 0.211. The number of hydrogen-bond donors (Lipinski definition) is 2. The average Bonchev–Trinajstić information content (AvgIpc) is 2.39. The number of Topliss-reactive ketones (excluding diaryl/α,β-unsaturated/α-hetero) is 1. The van der Waals surface area contributed by atoms with Crippen LogP contribution in [0.1, 0.15) is 21.5 Å². The first kappa shape index (κ1) is 12.3. The summed E-state index contributed by atoms with van der Waals surface area (Å²) in [6.07, 6.45) is 0.288. The molecule has 0 amide bonds. The fourth-order valence-corrected chi connectivity index (χ4v) is 1.78. The first-order chi connectivity index (χ1) is 8.69. The molecule has 0 unspecified atom stereocenters. The van der Waals surface area contributed by atoms with Crippen molar-refractivity contribution in [2.45, 2.75) is 13.0 Å². The molecule has 2 rings (SSSR count). The summed E-state index contributed by atoms with van der Waals surface area (Å²) >= 11 is 0. The quantitative estimate of drug-likeness (QED) is 0.807. The second kappa shape index (κ2) is 5.47. The molecule has 0 atom stereocenters. The van der Waals surface area contributed by atoms with Crippen LogP contribution in [0.4, 0.5) is 0 Å². The standard InChI is InChI=1S/C15H15NO2/c16-10-11-4-6-13(7-5-11)15(18)9-12-2-1-3-14(17)8-12/h1-8,17H,9-10,16H2. The van der Waals surface area contributed by atoms with E-state index in [-0.39, 0.29) is 18.0 Å². The molecule has 0 aliphatic heterocycles. The molecule has 0 heterocycles. The summed E-state index contributed by atoms with van der Waals surface area (Å²) in [7, 11) is 0. The van der Waals surface area contributed by atoms with Gasteiger partial charge >= 0.3 is 0 Å². The van der Waals surface area contributed by atoms with Crippen LogP contribution < -0.4 is 5.73 Å². The van der Waals surface area contributed by atoms with E-state index < -0.39 is 0 Å². The molecule has 0 aromatic heterocycles. The van der Waals surface area contributed by atoms with E-state index in [4.69, 9.17) is 5.73 Å². The molecule has 0 radical (unpaired) electrons. The number of ketones is 1. The number of carbonyl (C=O) groups is 1. The second-order valence-corrected chi connectivity index (χ2v) is 4.17. The number of phenolic OH excluding ortho intramolecular Hbond substituents is 1. The Morgan fingerprint density at radius 1 is 1.06 bits per heavy atom. The highest BCUT2D eigenvalue weighted by atomic mass is 16.3. The van der Waals surface area contributed by atoms with Gasteiger partial charge in [0.1, 0.15) is 5.75 Å². The van der Waals surface area contributed by atoms with Crippen molar-refractivity contribution in [3.8, 4) is 5.75 Å². The maximum absolute atomic E-state index is 12.0. The van der Waals surface area contributed by atoms with Gasteiger partial charge in [0.05, 0.1) is 0 Å². The lowest BCUT2D eigenvalue weighted by Crippen LogP contribution is -2.04. The molecule has 92 valence electrons. The Labute approximate surface area is 106 Å². The third kappa shape index (κ3) is 2.96. The topological polar surface area (TPSA) is 63.3 Å². The van der Waals surface area contributed by atoms with Crippen LogP contribution in [0.5, 0.6) is 5.75 Å². The van der Waals surface area contributed by atoms with Gasteiger partial charge in [-0.1, -0.05) is 36.4 Å². The molecule has 18 heavy (non-hydrogen) atoms. The van der Waals surface area contributed by atoms with Crippen molar-refractivity contribution in [3.05, 3.63) is 65.2 Å². The fourth-order valence-electron chi connectivity index (χ4n) is 1.78. The van der Waals surface area contributed by atoms with Crippen LogP contribution in [0.25, 0.3) is 0 Å². The molecule has 3 heteroatoms. The van der Waals surface area contributed by atoms with Crippen LogP contribution in [0.2, 0.25) is 0 Å². The van der Waals surface area contributed by atoms with Gasteiger partial charge in [0, 0.05) is 18.5 Å². The van der Waals surface area contributed by atoms with Gasteiger partial charge in [-0.3, -0.25) is 4.79 Å². The van der Waals surface area contributed by atoms with E-state index in [0.717, 1.165) is 11.1 Å². The molecular weight excluding hydrogens is 226 g/mol. The highest BCUT2D eigenvalue weighted by molar-refractivity contribution is 5.97. The first-order valence-electron chi connectivity index (χ1n) is 5.79. The molecule has 3 N–H and O–H groups in total. The number of rotatable bonds is 4. The molecule has 0 saturated heterocycles. The third-order valence-electron chi connectivity index (χ3n) is 2.79. The van der Waals surface area contributed by atoms with Crippen LogP contribution in [0.15, 0.2) is 48.5 Å². The van der Waals surface area contributed by atoms with Gasteiger partial charge in [0.15, 0.2) is 5.78 Å². The predicted octanol–water partition coefficient (Wildman–Crippen LogP) is 2.28. The fraction of sp³-hybridized carbons (Fsp3) is 0.133. The largest absolute Gasteiger partial charge is 0.508 e. The van der Waals surface area contributed by atoms with Gasteiger partial charge in [-0.25, -0.2) is 0 Å². The van der Waals surface area contributed by atoms with Crippen molar-refractivity contribution in [2.24, 2.45) is 5.73 Å². The molecule has 0 saturated carbocycles. The van der Waals surface area contributed by atoms with E-state index in [1.165, 1.54) is 0 Å². The number of nitrogens with two attached hydrogens (primary N) is 1. The van der Waals surface area contributed by atoms with E-state index in [9.17, 15) is 9.90 Å². The summed E-state index contributed by atoms with van der Waals surface area (Å²) in [6, 6.07) is 14.0. The van der Waals surface area contributed by atoms with Gasteiger partial charge in [-0.15, -0.1) is 0 Å². The minimum Gasteiger partial charge on any atom is -0.508 e. The Bertz CT molecular complexity index is 547. The SMILES string of the molecule is NCc1ccc(C(=O)Cc2cccc(O)c2)cc1. The number of benzene rings is 2. The summed E-state index contributed by atoms with van der Waals surface area (Å²) < 4.78 is 0. The first-order valence-corrected chi connectivity index (χ1v) is 5.79. The Balaban J connectivity index is 2.11. The normalized spacial score (nSPS) is 10.3. The predicted molar refractivity (Wildman–Crippen MR) is 70.5 cm³/mol. The van der Waals surface area contributed by atoms with E-state index in [0.29, 0.717) is 12.1 Å². The minimum absolute atomic E-state index is 0.0316. The molecule has 2 aromatic carbocycles. The van der Waals surface area contributed by atoms with Crippen LogP contribution in [0, 0.1) is 0 Å². The van der Waals surface area contributed by atoms with Gasteiger partial charge in [-0.2, -0.15) is 0 Å². The smallest absolute Gasteiger partial charge is 0.167 e. The molecular formula is C15H15NO2. The molecule has 0 aliphatic rings. The zero-order chi connectivity index (χ0) is 13.0. The number of phenols is 1. The summed E-state index contributed by atoms with van der Waals surface area (Å²) in [4.78, 5) is 12.0. The van der Waals surface area contributed by atoms with Crippen LogP contribution >= 0.6 is 0 Å². The third-order valence-corrected chi connectivity index (χ3v) is 2.79. The van der Waals surface area contributed by atoms with E-state index in [1.54, 1.807) is 30.3 Å². The van der Waals surface area contributed by atoms with Gasteiger partial charge in [0.25, 0.3) is 0 Å². The van der Waals surface area contributed by atoms with Crippen LogP contribution in [-0.2, 0) is 13.0 Å². The molecule has 0 spiro atoms. The van der Waals surface area contributed by atoms with Gasteiger partial charge < -0.3 is 10.8 Å². The van der Waals surface area contributed by atoms with E-state index in [2.05, 4.69) is 0 Å². The summed E-state index contributed by atoms with van der Waals surface area (Å²) in [5, 5.41) is 9.34. The lowest BCUT2D eigenvalue weighted by atomic mass is 10.0. The van der Waals surface area contributed by atoms with Crippen LogP contribution in [-0.4, -0.2) is 10.9 Å². The molecule has 3 nitrogen and oxygen atoms in total. The second-order valence-electron chi connectivity index (χ2n) is 4.17. The monoisotopic (exact) mass is 241 g/mol. The number of hydrogen-bond acceptors (Lipinski definition) is 3. The van der Waals surface area contributed by atoms with Gasteiger partial charge in [-0.05, 0) is 23.3 Å². The highest BCUT2D eigenvalue weighted by Gasteiger charge is 2.07. The lowest BCUT2D eigenvalue weighted by molar-refractivity contribution is 0.0993. The lowest BCUT2D eigenvalue weighted by Gasteiger charge is -2.03. The van der Waals surface area contributed by atoms with Crippen molar-refractivity contribution in [1.82, 2.24) is 0 Å². The van der Waals surface area contributed by atoms with Crippen LogP contribution in [0.3, 0.4) is 0 Å².